The van der Waals surface area contributed by atoms with Gasteiger partial charge in [0.25, 0.3) is 0 Å². The minimum absolute atomic E-state index is 0.0957. The van der Waals surface area contributed by atoms with Gasteiger partial charge in [-0.1, -0.05) is 36.4 Å². The second-order valence-electron chi connectivity index (χ2n) is 7.22. The highest BCUT2D eigenvalue weighted by atomic mass is 16.5. The second-order valence-corrected chi connectivity index (χ2v) is 7.22. The quantitative estimate of drug-likeness (QED) is 0.679. The fourth-order valence-electron chi connectivity index (χ4n) is 4.30. The number of rotatable bonds is 5. The first-order valence-corrected chi connectivity index (χ1v) is 9.88. The minimum Gasteiger partial charge on any atom is -0.497 e. The minimum atomic E-state index is -0.382. The maximum absolute atomic E-state index is 13.0. The molecule has 0 saturated carbocycles. The molecule has 1 aliphatic carbocycles. The van der Waals surface area contributed by atoms with E-state index in [9.17, 15) is 4.79 Å². The lowest BCUT2D eigenvalue weighted by Crippen LogP contribution is -2.29. The van der Waals surface area contributed by atoms with Crippen molar-refractivity contribution in [3.8, 4) is 11.5 Å². The Labute approximate surface area is 176 Å². The van der Waals surface area contributed by atoms with Crippen LogP contribution < -0.4 is 14.4 Å². The van der Waals surface area contributed by atoms with Crippen molar-refractivity contribution >= 4 is 11.7 Å². The Morgan fingerprint density at radius 2 is 1.47 bits per heavy atom. The summed E-state index contributed by atoms with van der Waals surface area (Å²) in [6, 6.07) is 15.6. The zero-order valence-corrected chi connectivity index (χ0v) is 17.3. The normalized spacial score (nSPS) is 22.2. The molecule has 3 atom stereocenters. The van der Waals surface area contributed by atoms with Crippen LogP contribution in [0.1, 0.15) is 11.6 Å². The van der Waals surface area contributed by atoms with Gasteiger partial charge in [0.2, 0.25) is 0 Å². The number of ether oxygens (including phenoxy) is 3. The summed E-state index contributed by atoms with van der Waals surface area (Å²) < 4.78 is 15.9. The van der Waals surface area contributed by atoms with E-state index < -0.39 is 0 Å². The van der Waals surface area contributed by atoms with E-state index in [0.29, 0.717) is 0 Å². The molecule has 0 amide bonds. The number of fused-ring (bicyclic) bond motifs is 1. The average molecular weight is 403 g/mol. The molecular weight excluding hydrogens is 378 g/mol. The lowest BCUT2D eigenvalue weighted by atomic mass is 9.85. The van der Waals surface area contributed by atoms with Gasteiger partial charge in [-0.2, -0.15) is 0 Å². The molecule has 1 saturated heterocycles. The van der Waals surface area contributed by atoms with Crippen molar-refractivity contribution in [1.29, 1.82) is 0 Å². The number of anilines is 1. The molecule has 1 unspecified atom stereocenters. The predicted molar refractivity (Wildman–Crippen MR) is 117 cm³/mol. The highest BCUT2D eigenvalue weighted by molar-refractivity contribution is 5.79. The maximum atomic E-state index is 13.0. The van der Waals surface area contributed by atoms with Crippen LogP contribution >= 0.6 is 0 Å². The molecule has 154 valence electrons. The molecule has 0 spiro atoms. The summed E-state index contributed by atoms with van der Waals surface area (Å²) in [4.78, 5) is 15.2. The van der Waals surface area contributed by atoms with Crippen molar-refractivity contribution in [2.45, 2.75) is 6.04 Å². The Hall–Kier alpha value is -3.47. The SMILES string of the molecule is COC(=O)[C@@H]1C2C=CC=CC=C2N(c2ccc(OC)cc2)[C@H]1c1ccc(OC)cc1. The van der Waals surface area contributed by atoms with Crippen LogP contribution in [0.15, 0.2) is 84.6 Å². The van der Waals surface area contributed by atoms with E-state index in [1.807, 2.05) is 66.8 Å². The van der Waals surface area contributed by atoms with Gasteiger partial charge in [0.1, 0.15) is 11.5 Å². The third-order valence-corrected chi connectivity index (χ3v) is 5.71. The molecule has 0 aromatic heterocycles. The molecule has 30 heavy (non-hydrogen) atoms. The summed E-state index contributed by atoms with van der Waals surface area (Å²) >= 11 is 0. The van der Waals surface area contributed by atoms with Crippen LogP contribution in [-0.4, -0.2) is 27.3 Å². The summed E-state index contributed by atoms with van der Waals surface area (Å²) in [6.07, 6.45) is 10.1. The van der Waals surface area contributed by atoms with Gasteiger partial charge in [-0.25, -0.2) is 0 Å². The highest BCUT2D eigenvalue weighted by Gasteiger charge is 2.49. The number of benzene rings is 2. The van der Waals surface area contributed by atoms with Gasteiger partial charge in [0.05, 0.1) is 33.3 Å². The van der Waals surface area contributed by atoms with Crippen LogP contribution in [0.25, 0.3) is 0 Å². The van der Waals surface area contributed by atoms with Crippen LogP contribution in [0.2, 0.25) is 0 Å². The number of methoxy groups -OCH3 is 3. The molecule has 2 aromatic rings. The molecule has 2 aromatic carbocycles. The smallest absolute Gasteiger partial charge is 0.312 e. The van der Waals surface area contributed by atoms with Crippen molar-refractivity contribution in [2.24, 2.45) is 11.8 Å². The lowest BCUT2D eigenvalue weighted by molar-refractivity contribution is -0.146. The molecule has 2 aliphatic rings. The molecule has 1 heterocycles. The Bertz CT molecular complexity index is 989. The number of carbonyl (C=O) groups excluding carboxylic acids is 1. The standard InChI is InChI=1S/C25H25NO4/c1-28-19-13-9-17(10-14-19)24-23(25(27)30-3)21-7-5-4-6-8-22(21)26(24)18-11-15-20(29-2)16-12-18/h4-16,21,23-24H,1-3H3/t21?,23-,24+/m1/s1. The van der Waals surface area contributed by atoms with Crippen molar-refractivity contribution < 1.29 is 19.0 Å². The third kappa shape index (κ3) is 3.47. The zero-order valence-electron chi connectivity index (χ0n) is 17.3. The first-order chi connectivity index (χ1) is 14.7. The fraction of sp³-hybridized carbons (Fsp3) is 0.240. The van der Waals surface area contributed by atoms with E-state index in [1.165, 1.54) is 7.11 Å². The van der Waals surface area contributed by atoms with Crippen LogP contribution in [0.4, 0.5) is 5.69 Å². The monoisotopic (exact) mass is 403 g/mol. The van der Waals surface area contributed by atoms with Crippen LogP contribution in [0.3, 0.4) is 0 Å². The third-order valence-electron chi connectivity index (χ3n) is 5.71. The number of hydrogen-bond acceptors (Lipinski definition) is 5. The molecule has 5 nitrogen and oxygen atoms in total. The molecule has 4 rings (SSSR count). The van der Waals surface area contributed by atoms with E-state index in [0.717, 1.165) is 28.4 Å². The van der Waals surface area contributed by atoms with Gasteiger partial charge in [-0.05, 0) is 48.0 Å². The molecule has 0 N–H and O–H groups in total. The van der Waals surface area contributed by atoms with Gasteiger partial charge in [-0.15, -0.1) is 0 Å². The number of esters is 1. The largest absolute Gasteiger partial charge is 0.497 e. The lowest BCUT2D eigenvalue weighted by Gasteiger charge is -2.30. The fourth-order valence-corrected chi connectivity index (χ4v) is 4.30. The van der Waals surface area contributed by atoms with Crippen LogP contribution in [0, 0.1) is 11.8 Å². The van der Waals surface area contributed by atoms with Crippen molar-refractivity contribution in [1.82, 2.24) is 0 Å². The summed E-state index contributed by atoms with van der Waals surface area (Å²) in [5.74, 6) is 0.858. The second kappa shape index (κ2) is 8.49. The van der Waals surface area contributed by atoms with E-state index in [1.54, 1.807) is 14.2 Å². The first kappa shape index (κ1) is 19.8. The van der Waals surface area contributed by atoms with Crippen LogP contribution in [0.5, 0.6) is 11.5 Å². The van der Waals surface area contributed by atoms with Gasteiger partial charge in [-0.3, -0.25) is 4.79 Å². The Morgan fingerprint density at radius 1 is 0.833 bits per heavy atom. The summed E-state index contributed by atoms with van der Waals surface area (Å²) in [5, 5.41) is 0. The predicted octanol–water partition coefficient (Wildman–Crippen LogP) is 4.68. The molecule has 5 heteroatoms. The number of carbonyl (C=O) groups is 1. The molecule has 1 fully saturated rings. The molecule has 0 bridgehead atoms. The first-order valence-electron chi connectivity index (χ1n) is 9.88. The Morgan fingerprint density at radius 3 is 2.07 bits per heavy atom. The number of hydrogen-bond donors (Lipinski definition) is 0. The summed E-state index contributed by atoms with van der Waals surface area (Å²) in [6.45, 7) is 0. The van der Waals surface area contributed by atoms with Crippen molar-refractivity contribution in [3.05, 3.63) is 90.2 Å². The highest BCUT2D eigenvalue weighted by Crippen LogP contribution is 2.51. The Kier molecular flexibility index (Phi) is 5.61. The molecular formula is C25H25NO4. The Balaban J connectivity index is 1.88. The van der Waals surface area contributed by atoms with Crippen LogP contribution in [-0.2, 0) is 9.53 Å². The van der Waals surface area contributed by atoms with E-state index in [4.69, 9.17) is 14.2 Å². The summed E-state index contributed by atoms with van der Waals surface area (Å²) in [7, 11) is 4.74. The van der Waals surface area contributed by atoms with E-state index in [-0.39, 0.29) is 23.8 Å². The van der Waals surface area contributed by atoms with E-state index >= 15 is 0 Å². The topological polar surface area (TPSA) is 48.0 Å². The summed E-state index contributed by atoms with van der Waals surface area (Å²) in [5.41, 5.74) is 3.07. The zero-order chi connectivity index (χ0) is 21.1. The van der Waals surface area contributed by atoms with Gasteiger partial charge in [0, 0.05) is 17.3 Å². The van der Waals surface area contributed by atoms with Gasteiger partial charge < -0.3 is 19.1 Å². The van der Waals surface area contributed by atoms with E-state index in [2.05, 4.69) is 17.1 Å². The molecule has 0 radical (unpaired) electrons. The van der Waals surface area contributed by atoms with Gasteiger partial charge in [0.15, 0.2) is 0 Å². The number of nitrogens with zero attached hydrogens (tertiary/aromatic N) is 1. The average Bonchev–Trinajstić information content (AvgIpc) is 2.94. The number of allylic oxidation sites excluding steroid dienone is 5. The van der Waals surface area contributed by atoms with Gasteiger partial charge >= 0.3 is 5.97 Å². The van der Waals surface area contributed by atoms with Crippen molar-refractivity contribution in [3.63, 3.8) is 0 Å². The molecule has 1 aliphatic heterocycles. The maximum Gasteiger partial charge on any atom is 0.312 e. The van der Waals surface area contributed by atoms with Crippen molar-refractivity contribution in [2.75, 3.05) is 26.2 Å².